The third-order valence-electron chi connectivity index (χ3n) is 2.67. The fraction of sp³-hybridized carbons (Fsp3) is 0.308. The number of ether oxygens (including phenoxy) is 1. The van der Waals surface area contributed by atoms with Crippen LogP contribution in [-0.2, 0) is 6.42 Å². The summed E-state index contributed by atoms with van der Waals surface area (Å²) in [5.74, 6) is -0.792. The van der Waals surface area contributed by atoms with E-state index in [-0.39, 0.29) is 17.2 Å². The summed E-state index contributed by atoms with van der Waals surface area (Å²) in [6.07, 6.45) is 0.00520. The SMILES string of the molecule is CCc1noc([C@H](C)Oc2cccc(F)c2C(N)=O)n1. The van der Waals surface area contributed by atoms with Gasteiger partial charge < -0.3 is 15.0 Å². The van der Waals surface area contributed by atoms with Crippen molar-refractivity contribution in [2.24, 2.45) is 5.73 Å². The number of carbonyl (C=O) groups excluding carboxylic acids is 1. The third-order valence-corrected chi connectivity index (χ3v) is 2.67. The van der Waals surface area contributed by atoms with Gasteiger partial charge in [-0.25, -0.2) is 4.39 Å². The van der Waals surface area contributed by atoms with Crippen molar-refractivity contribution in [3.8, 4) is 5.75 Å². The molecule has 2 N–H and O–H groups in total. The molecular formula is C13H14FN3O3. The minimum absolute atomic E-state index is 0.0428. The lowest BCUT2D eigenvalue weighted by molar-refractivity contribution is 0.0986. The second-order valence-electron chi connectivity index (χ2n) is 4.14. The van der Waals surface area contributed by atoms with E-state index in [0.29, 0.717) is 12.2 Å². The molecule has 1 amide bonds. The number of halogens is 1. The number of benzene rings is 1. The van der Waals surface area contributed by atoms with Gasteiger partial charge in [-0.3, -0.25) is 4.79 Å². The van der Waals surface area contributed by atoms with Crippen LogP contribution in [0.2, 0.25) is 0 Å². The van der Waals surface area contributed by atoms with Crippen LogP contribution in [0.1, 0.15) is 42.0 Å². The van der Waals surface area contributed by atoms with Crippen molar-refractivity contribution in [2.75, 3.05) is 0 Å². The molecule has 0 radical (unpaired) electrons. The smallest absolute Gasteiger partial charge is 0.267 e. The van der Waals surface area contributed by atoms with Gasteiger partial charge in [0.1, 0.15) is 17.1 Å². The lowest BCUT2D eigenvalue weighted by Gasteiger charge is -2.13. The molecule has 0 bridgehead atoms. The van der Waals surface area contributed by atoms with E-state index in [9.17, 15) is 9.18 Å². The Kier molecular flexibility index (Phi) is 3.97. The summed E-state index contributed by atoms with van der Waals surface area (Å²) in [4.78, 5) is 15.4. The maximum Gasteiger partial charge on any atom is 0.267 e. The van der Waals surface area contributed by atoms with Gasteiger partial charge in [0.15, 0.2) is 11.9 Å². The number of aromatic nitrogens is 2. The van der Waals surface area contributed by atoms with Gasteiger partial charge in [-0.05, 0) is 19.1 Å². The van der Waals surface area contributed by atoms with Gasteiger partial charge in [0.05, 0.1) is 0 Å². The molecular weight excluding hydrogens is 265 g/mol. The fourth-order valence-electron chi connectivity index (χ4n) is 1.66. The molecule has 20 heavy (non-hydrogen) atoms. The second-order valence-corrected chi connectivity index (χ2v) is 4.14. The summed E-state index contributed by atoms with van der Waals surface area (Å²) in [6, 6.07) is 4.02. The van der Waals surface area contributed by atoms with E-state index >= 15 is 0 Å². The van der Waals surface area contributed by atoms with Crippen LogP contribution in [0.3, 0.4) is 0 Å². The Balaban J connectivity index is 2.25. The first-order chi connectivity index (χ1) is 9.52. The molecule has 0 unspecified atom stereocenters. The predicted octanol–water partition coefficient (Wildman–Crippen LogP) is 2.01. The Morgan fingerprint density at radius 1 is 1.55 bits per heavy atom. The van der Waals surface area contributed by atoms with E-state index in [4.69, 9.17) is 15.0 Å². The standard InChI is InChI=1S/C13H14FN3O3/c1-3-10-16-13(20-17-10)7(2)19-9-6-4-5-8(14)11(9)12(15)18/h4-7H,3H2,1-2H3,(H2,15,18)/t7-/m0/s1. The normalized spacial score (nSPS) is 12.2. The van der Waals surface area contributed by atoms with Crippen LogP contribution in [0.25, 0.3) is 0 Å². The molecule has 1 aromatic heterocycles. The van der Waals surface area contributed by atoms with Crippen molar-refractivity contribution in [1.29, 1.82) is 0 Å². The van der Waals surface area contributed by atoms with Crippen molar-refractivity contribution in [2.45, 2.75) is 26.4 Å². The molecule has 2 aromatic rings. The van der Waals surface area contributed by atoms with Gasteiger partial charge in [-0.1, -0.05) is 18.1 Å². The van der Waals surface area contributed by atoms with E-state index in [2.05, 4.69) is 10.1 Å². The molecule has 6 nitrogen and oxygen atoms in total. The molecule has 1 aromatic carbocycles. The van der Waals surface area contributed by atoms with Crippen LogP contribution in [0.4, 0.5) is 4.39 Å². The van der Waals surface area contributed by atoms with Gasteiger partial charge in [-0.15, -0.1) is 0 Å². The molecule has 0 aliphatic heterocycles. The summed E-state index contributed by atoms with van der Waals surface area (Å²) < 4.78 is 24.1. The molecule has 0 aliphatic carbocycles. The van der Waals surface area contributed by atoms with E-state index in [1.54, 1.807) is 6.92 Å². The average Bonchev–Trinajstić information content (AvgIpc) is 2.87. The van der Waals surface area contributed by atoms with Crippen molar-refractivity contribution in [3.05, 3.63) is 41.3 Å². The average molecular weight is 279 g/mol. The van der Waals surface area contributed by atoms with Crippen LogP contribution in [-0.4, -0.2) is 16.0 Å². The number of rotatable bonds is 5. The fourth-order valence-corrected chi connectivity index (χ4v) is 1.66. The Morgan fingerprint density at radius 2 is 2.30 bits per heavy atom. The van der Waals surface area contributed by atoms with Gasteiger partial charge in [0.2, 0.25) is 0 Å². The predicted molar refractivity (Wildman–Crippen MR) is 67.6 cm³/mol. The van der Waals surface area contributed by atoms with Crippen molar-refractivity contribution < 1.29 is 18.4 Å². The van der Waals surface area contributed by atoms with E-state index in [0.717, 1.165) is 6.07 Å². The number of nitrogens with two attached hydrogens (primary N) is 1. The summed E-state index contributed by atoms with van der Waals surface area (Å²) in [7, 11) is 0. The molecule has 0 saturated carbocycles. The van der Waals surface area contributed by atoms with Crippen LogP contribution < -0.4 is 10.5 Å². The van der Waals surface area contributed by atoms with Crippen LogP contribution in [0.15, 0.2) is 22.7 Å². The highest BCUT2D eigenvalue weighted by molar-refractivity contribution is 5.95. The van der Waals surface area contributed by atoms with Crippen LogP contribution in [0.5, 0.6) is 5.75 Å². The van der Waals surface area contributed by atoms with Gasteiger partial charge in [0, 0.05) is 6.42 Å². The minimum Gasteiger partial charge on any atom is -0.480 e. The first-order valence-corrected chi connectivity index (χ1v) is 6.10. The first-order valence-electron chi connectivity index (χ1n) is 6.10. The zero-order chi connectivity index (χ0) is 14.7. The number of amides is 1. The summed E-state index contributed by atoms with van der Waals surface area (Å²) >= 11 is 0. The minimum atomic E-state index is -0.898. The van der Waals surface area contributed by atoms with Crippen molar-refractivity contribution >= 4 is 5.91 Å². The quantitative estimate of drug-likeness (QED) is 0.903. The maximum absolute atomic E-state index is 13.6. The molecule has 0 aliphatic rings. The molecule has 7 heteroatoms. The monoisotopic (exact) mass is 279 g/mol. The van der Waals surface area contributed by atoms with Gasteiger partial charge >= 0.3 is 0 Å². The third kappa shape index (κ3) is 2.76. The summed E-state index contributed by atoms with van der Waals surface area (Å²) in [5, 5.41) is 3.74. The van der Waals surface area contributed by atoms with Crippen LogP contribution >= 0.6 is 0 Å². The Bertz CT molecular complexity index is 627. The number of nitrogens with zero attached hydrogens (tertiary/aromatic N) is 2. The Morgan fingerprint density at radius 3 is 2.90 bits per heavy atom. The van der Waals surface area contributed by atoms with Gasteiger partial charge in [0.25, 0.3) is 11.8 Å². The topological polar surface area (TPSA) is 91.2 Å². The van der Waals surface area contributed by atoms with Crippen molar-refractivity contribution in [1.82, 2.24) is 10.1 Å². The Hall–Kier alpha value is -2.44. The maximum atomic E-state index is 13.6. The van der Waals surface area contributed by atoms with E-state index in [1.807, 2.05) is 6.92 Å². The number of carbonyl (C=O) groups is 1. The number of hydrogen-bond donors (Lipinski definition) is 1. The summed E-state index contributed by atoms with van der Waals surface area (Å²) in [6.45, 7) is 3.54. The molecule has 2 rings (SSSR count). The van der Waals surface area contributed by atoms with E-state index in [1.165, 1.54) is 12.1 Å². The number of primary amides is 1. The van der Waals surface area contributed by atoms with Gasteiger partial charge in [-0.2, -0.15) is 4.98 Å². The zero-order valence-electron chi connectivity index (χ0n) is 11.1. The molecule has 1 atom stereocenters. The highest BCUT2D eigenvalue weighted by Gasteiger charge is 2.20. The molecule has 106 valence electrons. The number of aryl methyl sites for hydroxylation is 1. The zero-order valence-corrected chi connectivity index (χ0v) is 11.1. The number of hydrogen-bond acceptors (Lipinski definition) is 5. The molecule has 0 fully saturated rings. The van der Waals surface area contributed by atoms with Crippen molar-refractivity contribution in [3.63, 3.8) is 0 Å². The Labute approximate surface area is 114 Å². The summed E-state index contributed by atoms with van der Waals surface area (Å²) in [5.41, 5.74) is 4.85. The first kappa shape index (κ1) is 14.0. The second kappa shape index (κ2) is 5.68. The van der Waals surface area contributed by atoms with E-state index < -0.39 is 17.8 Å². The molecule has 1 heterocycles. The largest absolute Gasteiger partial charge is 0.480 e. The highest BCUT2D eigenvalue weighted by atomic mass is 19.1. The molecule has 0 saturated heterocycles. The van der Waals surface area contributed by atoms with Crippen LogP contribution in [0, 0.1) is 5.82 Å². The lowest BCUT2D eigenvalue weighted by Crippen LogP contribution is -2.16. The molecule has 0 spiro atoms. The highest BCUT2D eigenvalue weighted by Crippen LogP contribution is 2.26. The lowest BCUT2D eigenvalue weighted by atomic mass is 10.1.